The molecule has 114 valence electrons. The molecule has 0 aliphatic rings. The molecule has 0 fully saturated rings. The molecule has 2 aromatic rings. The van der Waals surface area contributed by atoms with Crippen LogP contribution in [0.2, 0.25) is 0 Å². The van der Waals surface area contributed by atoms with E-state index in [1.54, 1.807) is 17.6 Å². The Bertz CT molecular complexity index is 546. The highest BCUT2D eigenvalue weighted by Gasteiger charge is 2.01. The van der Waals surface area contributed by atoms with Crippen molar-refractivity contribution in [1.29, 1.82) is 0 Å². The van der Waals surface area contributed by atoms with Crippen LogP contribution in [-0.4, -0.2) is 19.0 Å². The van der Waals surface area contributed by atoms with Gasteiger partial charge < -0.3 is 15.1 Å². The predicted octanol–water partition coefficient (Wildman–Crippen LogP) is 3.34. The fraction of sp³-hybridized carbons (Fsp3) is 0.438. The highest BCUT2D eigenvalue weighted by molar-refractivity contribution is 7.11. The van der Waals surface area contributed by atoms with Gasteiger partial charge in [-0.05, 0) is 37.6 Å². The third-order valence-corrected chi connectivity index (χ3v) is 3.96. The molecule has 0 aliphatic heterocycles. The number of rotatable bonds is 7. The molecule has 2 N–H and O–H groups in total. The van der Waals surface area contributed by atoms with E-state index in [0.29, 0.717) is 0 Å². The molecular formula is C16H23N3OS. The molecule has 0 aliphatic carbocycles. The maximum atomic E-state index is 5.33. The topological polar surface area (TPSA) is 49.6 Å². The van der Waals surface area contributed by atoms with Crippen molar-refractivity contribution < 1.29 is 4.42 Å². The molecule has 2 heterocycles. The molecule has 0 unspecified atom stereocenters. The molecule has 0 atom stereocenters. The van der Waals surface area contributed by atoms with E-state index >= 15 is 0 Å². The van der Waals surface area contributed by atoms with Gasteiger partial charge in [-0.1, -0.05) is 6.92 Å². The number of hydrogen-bond donors (Lipinski definition) is 2. The number of furan rings is 1. The lowest BCUT2D eigenvalue weighted by Crippen LogP contribution is -2.38. The van der Waals surface area contributed by atoms with E-state index in [2.05, 4.69) is 41.6 Å². The average Bonchev–Trinajstić information content (AvgIpc) is 3.13. The number of guanidine groups is 1. The highest BCUT2D eigenvalue weighted by atomic mass is 32.1. The second-order valence-corrected chi connectivity index (χ2v) is 6.23. The van der Waals surface area contributed by atoms with E-state index in [0.717, 1.165) is 44.2 Å². The lowest BCUT2D eigenvalue weighted by Gasteiger charge is -2.11. The van der Waals surface area contributed by atoms with Gasteiger partial charge in [0, 0.05) is 29.3 Å². The highest BCUT2D eigenvalue weighted by Crippen LogP contribution is 2.15. The van der Waals surface area contributed by atoms with Crippen LogP contribution in [0.1, 0.15) is 28.9 Å². The Morgan fingerprint density at radius 3 is 2.76 bits per heavy atom. The Morgan fingerprint density at radius 2 is 2.10 bits per heavy atom. The van der Waals surface area contributed by atoms with Crippen molar-refractivity contribution in [2.24, 2.45) is 4.99 Å². The zero-order valence-corrected chi connectivity index (χ0v) is 13.5. The summed E-state index contributed by atoms with van der Waals surface area (Å²) in [5.41, 5.74) is 0. The predicted molar refractivity (Wildman–Crippen MR) is 88.9 cm³/mol. The van der Waals surface area contributed by atoms with Gasteiger partial charge in [0.15, 0.2) is 5.96 Å². The maximum absolute atomic E-state index is 5.33. The third-order valence-electron chi connectivity index (χ3n) is 2.98. The summed E-state index contributed by atoms with van der Waals surface area (Å²) in [5.74, 6) is 1.86. The smallest absolute Gasteiger partial charge is 0.191 e. The van der Waals surface area contributed by atoms with Gasteiger partial charge >= 0.3 is 0 Å². The molecule has 0 amide bonds. The first-order chi connectivity index (χ1) is 10.3. The van der Waals surface area contributed by atoms with Gasteiger partial charge in [-0.2, -0.15) is 0 Å². The Balaban J connectivity index is 1.83. The monoisotopic (exact) mass is 305 g/mol. The fourth-order valence-electron chi connectivity index (χ4n) is 1.90. The van der Waals surface area contributed by atoms with Crippen molar-refractivity contribution in [1.82, 2.24) is 10.6 Å². The van der Waals surface area contributed by atoms with Gasteiger partial charge in [-0.25, -0.2) is 4.99 Å². The molecule has 5 heteroatoms. The van der Waals surface area contributed by atoms with E-state index in [1.165, 1.54) is 9.75 Å². The van der Waals surface area contributed by atoms with Crippen LogP contribution in [-0.2, 0) is 13.0 Å². The SMILES string of the molecule is CCCNC(=NCc1ccc(C)s1)NCCc1ccco1. The second-order valence-electron chi connectivity index (χ2n) is 4.86. The molecular weight excluding hydrogens is 282 g/mol. The number of nitrogens with one attached hydrogen (secondary N) is 2. The molecule has 21 heavy (non-hydrogen) atoms. The average molecular weight is 305 g/mol. The van der Waals surface area contributed by atoms with Gasteiger partial charge in [-0.3, -0.25) is 0 Å². The Hall–Kier alpha value is -1.75. The Morgan fingerprint density at radius 1 is 1.24 bits per heavy atom. The number of hydrogen-bond acceptors (Lipinski definition) is 3. The Kier molecular flexibility index (Phi) is 6.34. The number of aryl methyl sites for hydroxylation is 1. The minimum Gasteiger partial charge on any atom is -0.469 e. The molecule has 0 aromatic carbocycles. The number of thiophene rings is 1. The van der Waals surface area contributed by atoms with E-state index in [4.69, 9.17) is 4.42 Å². The zero-order chi connectivity index (χ0) is 14.9. The van der Waals surface area contributed by atoms with Crippen molar-refractivity contribution in [2.75, 3.05) is 13.1 Å². The largest absolute Gasteiger partial charge is 0.469 e. The van der Waals surface area contributed by atoms with Crippen molar-refractivity contribution in [3.05, 3.63) is 46.0 Å². The van der Waals surface area contributed by atoms with Crippen LogP contribution in [0.5, 0.6) is 0 Å². The first-order valence-corrected chi connectivity index (χ1v) is 8.19. The van der Waals surface area contributed by atoms with E-state index in [9.17, 15) is 0 Å². The lowest BCUT2D eigenvalue weighted by molar-refractivity contribution is 0.506. The molecule has 0 radical (unpaired) electrons. The van der Waals surface area contributed by atoms with Gasteiger partial charge in [0.2, 0.25) is 0 Å². The van der Waals surface area contributed by atoms with Crippen LogP contribution in [0.3, 0.4) is 0 Å². The normalized spacial score (nSPS) is 11.6. The van der Waals surface area contributed by atoms with Crippen LogP contribution < -0.4 is 10.6 Å². The summed E-state index contributed by atoms with van der Waals surface area (Å²) >= 11 is 1.80. The van der Waals surface area contributed by atoms with Crippen molar-refractivity contribution in [3.63, 3.8) is 0 Å². The molecule has 2 rings (SSSR count). The molecule has 2 aromatic heterocycles. The quantitative estimate of drug-likeness (QED) is 0.609. The number of aliphatic imine (C=N–C) groups is 1. The molecule has 0 saturated heterocycles. The fourth-order valence-corrected chi connectivity index (χ4v) is 2.72. The minimum atomic E-state index is 0.721. The Labute approximate surface area is 130 Å². The van der Waals surface area contributed by atoms with Gasteiger partial charge in [0.25, 0.3) is 0 Å². The number of nitrogens with zero attached hydrogens (tertiary/aromatic N) is 1. The molecule has 0 bridgehead atoms. The van der Waals surface area contributed by atoms with Crippen molar-refractivity contribution >= 4 is 17.3 Å². The summed E-state index contributed by atoms with van der Waals surface area (Å²) in [6.45, 7) is 6.73. The maximum Gasteiger partial charge on any atom is 0.191 e. The van der Waals surface area contributed by atoms with Crippen LogP contribution in [0.25, 0.3) is 0 Å². The van der Waals surface area contributed by atoms with Gasteiger partial charge in [0.05, 0.1) is 12.8 Å². The first kappa shape index (κ1) is 15.6. The summed E-state index contributed by atoms with van der Waals surface area (Å²) in [6.07, 6.45) is 3.65. The van der Waals surface area contributed by atoms with Crippen LogP contribution >= 0.6 is 11.3 Å². The summed E-state index contributed by atoms with van der Waals surface area (Å²) in [6, 6.07) is 8.19. The minimum absolute atomic E-state index is 0.721. The first-order valence-electron chi connectivity index (χ1n) is 7.38. The van der Waals surface area contributed by atoms with E-state index in [-0.39, 0.29) is 0 Å². The summed E-state index contributed by atoms with van der Waals surface area (Å²) in [5, 5.41) is 6.69. The standard InChI is InChI=1S/C16H23N3OS/c1-3-9-17-16(18-10-8-14-5-4-11-20-14)19-12-15-7-6-13(2)21-15/h4-7,11H,3,8-10,12H2,1-2H3,(H2,17,18,19). The zero-order valence-electron chi connectivity index (χ0n) is 12.7. The van der Waals surface area contributed by atoms with Crippen LogP contribution in [0, 0.1) is 6.92 Å². The summed E-state index contributed by atoms with van der Waals surface area (Å²) in [4.78, 5) is 7.25. The third kappa shape index (κ3) is 5.63. The van der Waals surface area contributed by atoms with Gasteiger partial charge in [0.1, 0.15) is 5.76 Å². The molecule has 0 spiro atoms. The molecule has 4 nitrogen and oxygen atoms in total. The van der Waals surface area contributed by atoms with Crippen LogP contribution in [0.4, 0.5) is 0 Å². The van der Waals surface area contributed by atoms with E-state index < -0.39 is 0 Å². The molecule has 0 saturated carbocycles. The second kappa shape index (κ2) is 8.52. The van der Waals surface area contributed by atoms with Crippen molar-refractivity contribution in [2.45, 2.75) is 33.2 Å². The van der Waals surface area contributed by atoms with Gasteiger partial charge in [-0.15, -0.1) is 11.3 Å². The van der Waals surface area contributed by atoms with Crippen LogP contribution in [0.15, 0.2) is 39.9 Å². The summed E-state index contributed by atoms with van der Waals surface area (Å²) in [7, 11) is 0. The summed E-state index contributed by atoms with van der Waals surface area (Å²) < 4.78 is 5.33. The van der Waals surface area contributed by atoms with E-state index in [1.807, 2.05) is 12.1 Å². The van der Waals surface area contributed by atoms with Crippen molar-refractivity contribution in [3.8, 4) is 0 Å². The lowest BCUT2D eigenvalue weighted by atomic mass is 10.3.